The summed E-state index contributed by atoms with van der Waals surface area (Å²) in [6.07, 6.45) is 11.3. The van der Waals surface area contributed by atoms with E-state index in [0.717, 1.165) is 30.2 Å². The summed E-state index contributed by atoms with van der Waals surface area (Å²) in [5, 5.41) is 1.71. The van der Waals surface area contributed by atoms with Gasteiger partial charge in [0.2, 0.25) is 0 Å². The number of halogens is 1. The number of unbranched alkanes of at least 4 members (excludes halogenated alkanes) is 4. The summed E-state index contributed by atoms with van der Waals surface area (Å²) in [5.41, 5.74) is 4.17. The third kappa shape index (κ3) is 5.10. The first-order valence-electron chi connectivity index (χ1n) is 10.6. The molecule has 0 saturated carbocycles. The smallest absolute Gasteiger partial charge is 0.138 e. The van der Waals surface area contributed by atoms with Crippen molar-refractivity contribution in [1.29, 1.82) is 0 Å². The molecule has 0 spiro atoms. The fourth-order valence-corrected chi connectivity index (χ4v) is 3.77. The summed E-state index contributed by atoms with van der Waals surface area (Å²) < 4.78 is 15.2. The van der Waals surface area contributed by atoms with Crippen molar-refractivity contribution >= 4 is 10.8 Å². The molecule has 1 heteroatoms. The third-order valence-corrected chi connectivity index (χ3v) is 5.49. The van der Waals surface area contributed by atoms with E-state index >= 15 is 4.39 Å². The Bertz CT molecular complexity index is 905. The Morgan fingerprint density at radius 1 is 0.821 bits per heavy atom. The van der Waals surface area contributed by atoms with E-state index in [-0.39, 0.29) is 5.82 Å². The average molecular weight is 375 g/mol. The van der Waals surface area contributed by atoms with Crippen molar-refractivity contribution in [1.82, 2.24) is 0 Å². The van der Waals surface area contributed by atoms with Gasteiger partial charge in [0.15, 0.2) is 0 Å². The van der Waals surface area contributed by atoms with Crippen LogP contribution in [0.15, 0.2) is 67.3 Å². The van der Waals surface area contributed by atoms with Crippen LogP contribution in [0.1, 0.15) is 56.6 Å². The maximum atomic E-state index is 15.2. The summed E-state index contributed by atoms with van der Waals surface area (Å²) in [4.78, 5) is 0. The van der Waals surface area contributed by atoms with Crippen molar-refractivity contribution in [2.75, 3.05) is 0 Å². The number of fused-ring (bicyclic) bond motifs is 1. The van der Waals surface area contributed by atoms with E-state index in [9.17, 15) is 0 Å². The van der Waals surface area contributed by atoms with Crippen molar-refractivity contribution < 1.29 is 4.39 Å². The zero-order valence-corrected chi connectivity index (χ0v) is 17.0. The van der Waals surface area contributed by atoms with Crippen LogP contribution in [-0.2, 0) is 12.8 Å². The summed E-state index contributed by atoms with van der Waals surface area (Å²) >= 11 is 0. The fourth-order valence-electron chi connectivity index (χ4n) is 3.77. The Morgan fingerprint density at radius 3 is 2.32 bits per heavy atom. The van der Waals surface area contributed by atoms with Crippen LogP contribution in [0.3, 0.4) is 0 Å². The zero-order valence-electron chi connectivity index (χ0n) is 17.0. The molecule has 0 unspecified atom stereocenters. The van der Waals surface area contributed by atoms with Crippen LogP contribution in [0.2, 0.25) is 0 Å². The molecule has 0 nitrogen and oxygen atoms in total. The Morgan fingerprint density at radius 2 is 1.57 bits per heavy atom. The summed E-state index contributed by atoms with van der Waals surface area (Å²) in [7, 11) is 0. The topological polar surface area (TPSA) is 0 Å². The normalized spacial score (nSPS) is 11.1. The molecule has 0 heterocycles. The van der Waals surface area contributed by atoms with Crippen LogP contribution in [0, 0.1) is 5.82 Å². The minimum Gasteiger partial charge on any atom is -0.206 e. The maximum absolute atomic E-state index is 15.2. The minimum absolute atomic E-state index is 0.120. The Kier molecular flexibility index (Phi) is 7.42. The number of rotatable bonds is 10. The van der Waals surface area contributed by atoms with Gasteiger partial charge in [-0.1, -0.05) is 93.3 Å². The highest BCUT2D eigenvalue weighted by molar-refractivity contribution is 5.88. The molecular weight excluding hydrogens is 343 g/mol. The van der Waals surface area contributed by atoms with Gasteiger partial charge in [-0.05, 0) is 47.8 Å². The lowest BCUT2D eigenvalue weighted by Crippen LogP contribution is -1.91. The van der Waals surface area contributed by atoms with Gasteiger partial charge >= 0.3 is 0 Å². The lowest BCUT2D eigenvalue weighted by atomic mass is 9.96. The molecule has 0 aliphatic rings. The highest BCUT2D eigenvalue weighted by atomic mass is 19.1. The van der Waals surface area contributed by atoms with E-state index in [1.54, 1.807) is 0 Å². The molecule has 3 aromatic carbocycles. The molecule has 0 atom stereocenters. The Balaban J connectivity index is 1.75. The molecular formula is C27H31F. The molecule has 0 fully saturated rings. The molecule has 0 saturated heterocycles. The van der Waals surface area contributed by atoms with Gasteiger partial charge in [-0.25, -0.2) is 4.39 Å². The van der Waals surface area contributed by atoms with E-state index in [0.29, 0.717) is 10.9 Å². The summed E-state index contributed by atoms with van der Waals surface area (Å²) in [6.45, 7) is 6.01. The molecule has 0 radical (unpaired) electrons. The first-order valence-corrected chi connectivity index (χ1v) is 10.6. The molecule has 0 N–H and O–H groups in total. The minimum atomic E-state index is -0.120. The predicted molar refractivity (Wildman–Crippen MR) is 120 cm³/mol. The molecule has 0 aliphatic heterocycles. The number of hydrogen-bond acceptors (Lipinski definition) is 0. The lowest BCUT2D eigenvalue weighted by molar-refractivity contribution is 0.632. The van der Waals surface area contributed by atoms with Crippen molar-refractivity contribution in [3.8, 4) is 11.1 Å². The van der Waals surface area contributed by atoms with Crippen LogP contribution in [-0.4, -0.2) is 0 Å². The second kappa shape index (κ2) is 10.2. The zero-order chi connectivity index (χ0) is 19.8. The van der Waals surface area contributed by atoms with Gasteiger partial charge in [-0.2, -0.15) is 0 Å². The molecule has 0 aliphatic carbocycles. The lowest BCUT2D eigenvalue weighted by Gasteiger charge is -2.10. The maximum Gasteiger partial charge on any atom is 0.138 e. The van der Waals surface area contributed by atoms with E-state index in [2.05, 4.69) is 43.8 Å². The van der Waals surface area contributed by atoms with E-state index < -0.39 is 0 Å². The number of benzene rings is 3. The second-order valence-electron chi connectivity index (χ2n) is 7.67. The van der Waals surface area contributed by atoms with Gasteiger partial charge in [0.25, 0.3) is 0 Å². The third-order valence-electron chi connectivity index (χ3n) is 5.49. The summed E-state index contributed by atoms with van der Waals surface area (Å²) in [6, 6.07) is 18.4. The number of hydrogen-bond donors (Lipinski definition) is 0. The van der Waals surface area contributed by atoms with Crippen LogP contribution in [0.25, 0.3) is 21.9 Å². The van der Waals surface area contributed by atoms with E-state index in [1.807, 2.05) is 30.3 Å². The Labute approximate surface area is 169 Å². The first-order chi connectivity index (χ1) is 13.7. The second-order valence-corrected chi connectivity index (χ2v) is 7.67. The average Bonchev–Trinajstić information content (AvgIpc) is 2.73. The molecule has 0 amide bonds. The molecule has 146 valence electrons. The standard InChI is InChI=1S/C27H31F/c1-3-5-7-8-9-11-22-14-18-26-24(20-22)17-19-25(27(26)28)23-15-12-21(13-16-23)10-6-4-2/h4,12-20H,2-3,5-11H2,1H3. The summed E-state index contributed by atoms with van der Waals surface area (Å²) in [5.74, 6) is -0.120. The van der Waals surface area contributed by atoms with Crippen molar-refractivity contribution in [2.24, 2.45) is 0 Å². The van der Waals surface area contributed by atoms with Crippen LogP contribution < -0.4 is 0 Å². The van der Waals surface area contributed by atoms with Gasteiger partial charge in [-0.15, -0.1) is 6.58 Å². The quantitative estimate of drug-likeness (QED) is 0.247. The van der Waals surface area contributed by atoms with Gasteiger partial charge in [-0.3, -0.25) is 0 Å². The molecule has 0 bridgehead atoms. The van der Waals surface area contributed by atoms with Crippen LogP contribution in [0.4, 0.5) is 4.39 Å². The molecule has 3 aromatic rings. The van der Waals surface area contributed by atoms with Crippen molar-refractivity contribution in [2.45, 2.75) is 58.3 Å². The predicted octanol–water partition coefficient (Wildman–Crippen LogP) is 8.28. The van der Waals surface area contributed by atoms with Crippen molar-refractivity contribution in [3.63, 3.8) is 0 Å². The number of aryl methyl sites for hydroxylation is 2. The fraction of sp³-hybridized carbons (Fsp3) is 0.333. The SMILES string of the molecule is C=CCCc1ccc(-c2ccc3cc(CCCCCCC)ccc3c2F)cc1. The number of allylic oxidation sites excluding steroid dienone is 1. The van der Waals surface area contributed by atoms with Crippen molar-refractivity contribution in [3.05, 3.63) is 84.2 Å². The highest BCUT2D eigenvalue weighted by Crippen LogP contribution is 2.30. The first kappa shape index (κ1) is 20.3. The Hall–Kier alpha value is -2.41. The highest BCUT2D eigenvalue weighted by Gasteiger charge is 2.10. The van der Waals surface area contributed by atoms with Gasteiger partial charge < -0.3 is 0 Å². The van der Waals surface area contributed by atoms with E-state index in [4.69, 9.17) is 0 Å². The van der Waals surface area contributed by atoms with Crippen LogP contribution in [0.5, 0.6) is 0 Å². The van der Waals surface area contributed by atoms with Gasteiger partial charge in [0.05, 0.1) is 0 Å². The molecule has 3 rings (SSSR count). The van der Waals surface area contributed by atoms with Gasteiger partial charge in [0, 0.05) is 10.9 Å². The largest absolute Gasteiger partial charge is 0.206 e. The monoisotopic (exact) mass is 374 g/mol. The van der Waals surface area contributed by atoms with Gasteiger partial charge in [0.1, 0.15) is 5.82 Å². The van der Waals surface area contributed by atoms with E-state index in [1.165, 1.54) is 43.2 Å². The molecule has 28 heavy (non-hydrogen) atoms. The molecule has 0 aromatic heterocycles. The van der Waals surface area contributed by atoms with Crippen LogP contribution >= 0.6 is 0 Å².